The highest BCUT2D eigenvalue weighted by atomic mass is 32.2. The fourth-order valence-corrected chi connectivity index (χ4v) is 2.96. The molecule has 0 aromatic carbocycles. The predicted octanol–water partition coefficient (Wildman–Crippen LogP) is 3.20. The minimum Gasteiger partial charge on any atom is -0.315 e. The van der Waals surface area contributed by atoms with Crippen molar-refractivity contribution >= 4 is 11.8 Å². The first-order valence-corrected chi connectivity index (χ1v) is 6.53. The molecule has 0 unspecified atom stereocenters. The van der Waals surface area contributed by atoms with Crippen molar-refractivity contribution in [2.24, 2.45) is 0 Å². The zero-order chi connectivity index (χ0) is 11.4. The monoisotopic (exact) mass is 241 g/mol. The number of rotatable bonds is 5. The van der Waals surface area contributed by atoms with Crippen molar-refractivity contribution in [2.45, 2.75) is 43.0 Å². The Morgan fingerprint density at radius 2 is 1.87 bits per heavy atom. The molecule has 0 saturated heterocycles. The Morgan fingerprint density at radius 1 is 1.27 bits per heavy atom. The van der Waals surface area contributed by atoms with Gasteiger partial charge in [0.15, 0.2) is 0 Å². The molecule has 1 aliphatic rings. The fourth-order valence-electron chi connectivity index (χ4n) is 2.02. The van der Waals surface area contributed by atoms with Gasteiger partial charge in [0.1, 0.15) is 0 Å². The standard InChI is InChI=1S/C10H18F3NS/c1-15-9(4-2-3-5-9)8-14-7-6-10(11,12)13/h14H,2-8H2,1H3. The van der Waals surface area contributed by atoms with Crippen LogP contribution < -0.4 is 5.32 Å². The van der Waals surface area contributed by atoms with Crippen LogP contribution in [0.2, 0.25) is 0 Å². The van der Waals surface area contributed by atoms with Crippen LogP contribution in [0.3, 0.4) is 0 Å². The predicted molar refractivity (Wildman–Crippen MR) is 58.3 cm³/mol. The average Bonchev–Trinajstić information content (AvgIpc) is 2.60. The fraction of sp³-hybridized carbons (Fsp3) is 1.00. The zero-order valence-electron chi connectivity index (χ0n) is 8.99. The lowest BCUT2D eigenvalue weighted by molar-refractivity contribution is -0.133. The molecule has 90 valence electrons. The summed E-state index contributed by atoms with van der Waals surface area (Å²) in [7, 11) is 0. The molecule has 15 heavy (non-hydrogen) atoms. The minimum absolute atomic E-state index is 0.0474. The Kier molecular flexibility index (Phi) is 4.77. The second-order valence-electron chi connectivity index (χ2n) is 4.14. The van der Waals surface area contributed by atoms with Crippen molar-refractivity contribution < 1.29 is 13.2 Å². The van der Waals surface area contributed by atoms with Crippen molar-refractivity contribution in [1.82, 2.24) is 5.32 Å². The van der Waals surface area contributed by atoms with E-state index in [1.165, 1.54) is 12.8 Å². The molecule has 0 atom stereocenters. The molecule has 1 rings (SSSR count). The second kappa shape index (κ2) is 5.43. The number of hydrogen-bond donors (Lipinski definition) is 1. The third-order valence-corrected chi connectivity index (χ3v) is 4.40. The molecule has 0 aromatic rings. The third-order valence-electron chi connectivity index (χ3n) is 2.98. The molecule has 5 heteroatoms. The van der Waals surface area contributed by atoms with E-state index in [9.17, 15) is 13.2 Å². The maximum Gasteiger partial charge on any atom is 0.390 e. The van der Waals surface area contributed by atoms with Gasteiger partial charge in [0.2, 0.25) is 0 Å². The van der Waals surface area contributed by atoms with E-state index < -0.39 is 12.6 Å². The Labute approximate surface area is 93.2 Å². The smallest absolute Gasteiger partial charge is 0.315 e. The maximum absolute atomic E-state index is 11.9. The molecule has 1 nitrogen and oxygen atoms in total. The molecule has 0 heterocycles. The number of hydrogen-bond acceptors (Lipinski definition) is 2. The molecular weight excluding hydrogens is 223 g/mol. The molecule has 1 aliphatic carbocycles. The summed E-state index contributed by atoms with van der Waals surface area (Å²) < 4.78 is 35.9. The Hall–Kier alpha value is 0.100. The van der Waals surface area contributed by atoms with Gasteiger partial charge < -0.3 is 5.32 Å². The zero-order valence-corrected chi connectivity index (χ0v) is 9.81. The van der Waals surface area contributed by atoms with Gasteiger partial charge in [-0.05, 0) is 19.1 Å². The molecule has 0 aromatic heterocycles. The Balaban J connectivity index is 2.18. The highest BCUT2D eigenvalue weighted by molar-refractivity contribution is 8.00. The van der Waals surface area contributed by atoms with E-state index in [2.05, 4.69) is 11.6 Å². The van der Waals surface area contributed by atoms with E-state index in [0.29, 0.717) is 6.54 Å². The lowest BCUT2D eigenvalue weighted by Gasteiger charge is -2.27. The molecular formula is C10H18F3NS. The van der Waals surface area contributed by atoms with Crippen molar-refractivity contribution in [3.8, 4) is 0 Å². The average molecular weight is 241 g/mol. The van der Waals surface area contributed by atoms with Crippen molar-refractivity contribution in [3.63, 3.8) is 0 Å². The number of thioether (sulfide) groups is 1. The summed E-state index contributed by atoms with van der Waals surface area (Å²) in [6.45, 7) is 0.760. The van der Waals surface area contributed by atoms with E-state index in [-0.39, 0.29) is 11.3 Å². The maximum atomic E-state index is 11.9. The van der Waals surface area contributed by atoms with Crippen molar-refractivity contribution in [3.05, 3.63) is 0 Å². The number of halogens is 3. The quantitative estimate of drug-likeness (QED) is 0.742. The SMILES string of the molecule is CSC1(CNCCC(F)(F)F)CCCC1. The van der Waals surface area contributed by atoms with E-state index in [1.807, 2.05) is 0 Å². The van der Waals surface area contributed by atoms with Crippen LogP contribution in [0.4, 0.5) is 13.2 Å². The van der Waals surface area contributed by atoms with Crippen molar-refractivity contribution in [1.29, 1.82) is 0 Å². The molecule has 0 bridgehead atoms. The van der Waals surface area contributed by atoms with Crippen LogP contribution in [-0.4, -0.2) is 30.3 Å². The molecule has 1 N–H and O–H groups in total. The van der Waals surface area contributed by atoms with Crippen LogP contribution >= 0.6 is 11.8 Å². The van der Waals surface area contributed by atoms with Crippen molar-refractivity contribution in [2.75, 3.05) is 19.3 Å². The topological polar surface area (TPSA) is 12.0 Å². The molecule has 1 saturated carbocycles. The van der Waals surface area contributed by atoms with Gasteiger partial charge in [-0.15, -0.1) is 0 Å². The normalized spacial score (nSPS) is 20.8. The first-order chi connectivity index (χ1) is 6.97. The van der Waals surface area contributed by atoms with Crippen LogP contribution in [0.1, 0.15) is 32.1 Å². The first kappa shape index (κ1) is 13.2. The van der Waals surface area contributed by atoms with Crippen LogP contribution in [0.15, 0.2) is 0 Å². The molecule has 0 aliphatic heterocycles. The van der Waals surface area contributed by atoms with Gasteiger partial charge in [0.05, 0.1) is 6.42 Å². The lowest BCUT2D eigenvalue weighted by Crippen LogP contribution is -2.36. The van der Waals surface area contributed by atoms with Gasteiger partial charge in [-0.2, -0.15) is 24.9 Å². The second-order valence-corrected chi connectivity index (χ2v) is 5.41. The van der Waals surface area contributed by atoms with Gasteiger partial charge in [-0.3, -0.25) is 0 Å². The van der Waals surface area contributed by atoms with E-state index in [0.717, 1.165) is 12.8 Å². The highest BCUT2D eigenvalue weighted by Crippen LogP contribution is 2.39. The van der Waals surface area contributed by atoms with E-state index in [4.69, 9.17) is 0 Å². The van der Waals surface area contributed by atoms with Gasteiger partial charge in [-0.25, -0.2) is 0 Å². The minimum atomic E-state index is -4.03. The number of nitrogens with one attached hydrogen (secondary N) is 1. The molecule has 0 amide bonds. The van der Waals surface area contributed by atoms with Crippen LogP contribution in [0.25, 0.3) is 0 Å². The summed E-state index contributed by atoms with van der Waals surface area (Å²) in [5.74, 6) is 0. The lowest BCUT2D eigenvalue weighted by atomic mass is 10.1. The number of alkyl halides is 3. The highest BCUT2D eigenvalue weighted by Gasteiger charge is 2.33. The van der Waals surface area contributed by atoms with Crippen LogP contribution in [0.5, 0.6) is 0 Å². The Bertz CT molecular complexity index is 188. The van der Waals surface area contributed by atoms with Gasteiger partial charge in [0.25, 0.3) is 0 Å². The van der Waals surface area contributed by atoms with E-state index in [1.54, 1.807) is 11.8 Å². The van der Waals surface area contributed by atoms with E-state index >= 15 is 0 Å². The van der Waals surface area contributed by atoms with Crippen LogP contribution in [-0.2, 0) is 0 Å². The van der Waals surface area contributed by atoms with Gasteiger partial charge in [-0.1, -0.05) is 12.8 Å². The largest absolute Gasteiger partial charge is 0.390 e. The summed E-state index contributed by atoms with van der Waals surface area (Å²) in [4.78, 5) is 0. The Morgan fingerprint density at radius 3 is 2.33 bits per heavy atom. The first-order valence-electron chi connectivity index (χ1n) is 5.30. The summed E-state index contributed by atoms with van der Waals surface area (Å²) >= 11 is 1.79. The van der Waals surface area contributed by atoms with Crippen LogP contribution in [0, 0.1) is 0 Å². The molecule has 0 radical (unpaired) electrons. The summed E-state index contributed by atoms with van der Waals surface area (Å²) in [6.07, 6.45) is 1.98. The third kappa shape index (κ3) is 4.64. The molecule has 1 fully saturated rings. The summed E-state index contributed by atoms with van der Waals surface area (Å²) in [5, 5.41) is 2.93. The summed E-state index contributed by atoms with van der Waals surface area (Å²) in [6, 6.07) is 0. The van der Waals surface area contributed by atoms with Gasteiger partial charge >= 0.3 is 6.18 Å². The molecule has 0 spiro atoms. The summed E-state index contributed by atoms with van der Waals surface area (Å²) in [5.41, 5.74) is 0. The van der Waals surface area contributed by atoms with Gasteiger partial charge in [0, 0.05) is 17.8 Å².